The van der Waals surface area contributed by atoms with Crippen LogP contribution in [0.5, 0.6) is 0 Å². The second kappa shape index (κ2) is 6.17. The van der Waals surface area contributed by atoms with Crippen LogP contribution in [0.3, 0.4) is 0 Å². The van der Waals surface area contributed by atoms with Gasteiger partial charge in [0.15, 0.2) is 0 Å². The van der Waals surface area contributed by atoms with Crippen molar-refractivity contribution in [1.82, 2.24) is 9.55 Å². The van der Waals surface area contributed by atoms with E-state index >= 15 is 0 Å². The number of nitrogens with two attached hydrogens (primary N) is 1. The summed E-state index contributed by atoms with van der Waals surface area (Å²) in [6.45, 7) is 0. The van der Waals surface area contributed by atoms with Crippen molar-refractivity contribution in [2.75, 3.05) is 5.73 Å². The fourth-order valence-electron chi connectivity index (χ4n) is 2.57. The van der Waals surface area contributed by atoms with Crippen LogP contribution in [0.15, 0.2) is 47.3 Å². The lowest BCUT2D eigenvalue weighted by Crippen LogP contribution is -2.28. The molecule has 6 nitrogen and oxygen atoms in total. The molecule has 0 saturated heterocycles. The summed E-state index contributed by atoms with van der Waals surface area (Å²) in [5, 5.41) is 8.72. The molecule has 0 unspecified atom stereocenters. The van der Waals surface area contributed by atoms with Gasteiger partial charge in [-0.15, -0.1) is 0 Å². The molecule has 0 aliphatic carbocycles. The first-order valence-corrected chi connectivity index (χ1v) is 7.37. The van der Waals surface area contributed by atoms with E-state index < -0.39 is 23.5 Å². The Hall–Kier alpha value is -3.36. The van der Waals surface area contributed by atoms with Gasteiger partial charge in [0.25, 0.3) is 5.56 Å². The number of halogens is 3. The van der Waals surface area contributed by atoms with Gasteiger partial charge in [-0.2, -0.15) is 13.2 Å². The van der Waals surface area contributed by atoms with Gasteiger partial charge in [0, 0.05) is 5.69 Å². The molecule has 0 fully saturated rings. The maximum atomic E-state index is 13.4. The van der Waals surface area contributed by atoms with Crippen LogP contribution in [0.1, 0.15) is 11.4 Å². The number of aromatic nitrogens is 2. The molecule has 3 N–H and O–H groups in total. The highest BCUT2D eigenvalue weighted by Crippen LogP contribution is 2.30. The largest absolute Gasteiger partial charge is 0.481 e. The zero-order valence-electron chi connectivity index (χ0n) is 13.1. The van der Waals surface area contributed by atoms with Crippen LogP contribution in [0.4, 0.5) is 18.9 Å². The maximum absolute atomic E-state index is 13.4. The highest BCUT2D eigenvalue weighted by Gasteiger charge is 2.37. The summed E-state index contributed by atoms with van der Waals surface area (Å²) in [6.07, 6.45) is -5.15. The molecule has 134 valence electrons. The van der Waals surface area contributed by atoms with Gasteiger partial charge in [0.05, 0.1) is 23.0 Å². The van der Waals surface area contributed by atoms with Gasteiger partial charge >= 0.3 is 12.1 Å². The fourth-order valence-corrected chi connectivity index (χ4v) is 2.57. The molecule has 0 bridgehead atoms. The number of alkyl halides is 3. The third-order valence-corrected chi connectivity index (χ3v) is 3.70. The molecule has 9 heteroatoms. The van der Waals surface area contributed by atoms with E-state index in [0.29, 0.717) is 10.1 Å². The molecule has 0 spiro atoms. The average molecular weight is 363 g/mol. The quantitative estimate of drug-likeness (QED) is 0.697. The van der Waals surface area contributed by atoms with E-state index in [0.717, 1.165) is 0 Å². The van der Waals surface area contributed by atoms with Gasteiger partial charge in [-0.25, -0.2) is 4.98 Å². The molecule has 0 saturated carbocycles. The van der Waals surface area contributed by atoms with E-state index in [-0.39, 0.29) is 28.7 Å². The van der Waals surface area contributed by atoms with Crippen molar-refractivity contribution in [2.45, 2.75) is 12.6 Å². The number of anilines is 1. The summed E-state index contributed by atoms with van der Waals surface area (Å²) in [5.74, 6) is -2.44. The molecule has 3 rings (SSSR count). The Morgan fingerprint density at radius 3 is 2.38 bits per heavy atom. The van der Waals surface area contributed by atoms with Crippen LogP contribution >= 0.6 is 0 Å². The van der Waals surface area contributed by atoms with Crippen LogP contribution < -0.4 is 11.3 Å². The molecule has 0 aliphatic heterocycles. The molecule has 0 radical (unpaired) electrons. The van der Waals surface area contributed by atoms with Gasteiger partial charge in [0.1, 0.15) is 0 Å². The van der Waals surface area contributed by atoms with E-state index in [1.165, 1.54) is 42.5 Å². The Bertz CT molecular complexity index is 1060. The number of nitrogens with zero attached hydrogens (tertiary/aromatic N) is 2. The number of hydrogen-bond donors (Lipinski definition) is 2. The molecule has 1 heterocycles. The van der Waals surface area contributed by atoms with E-state index in [9.17, 15) is 22.8 Å². The number of carboxylic acids is 1. The van der Waals surface area contributed by atoms with Gasteiger partial charge in [-0.1, -0.05) is 12.1 Å². The van der Waals surface area contributed by atoms with Gasteiger partial charge in [-0.05, 0) is 35.9 Å². The molecule has 3 aromatic rings. The number of rotatable bonds is 3. The van der Waals surface area contributed by atoms with E-state index in [2.05, 4.69) is 4.98 Å². The summed E-state index contributed by atoms with van der Waals surface area (Å²) >= 11 is 0. The van der Waals surface area contributed by atoms with Crippen molar-refractivity contribution >= 4 is 22.6 Å². The van der Waals surface area contributed by atoms with Crippen LogP contribution in [-0.4, -0.2) is 20.6 Å². The predicted molar refractivity (Wildman–Crippen MR) is 88.1 cm³/mol. The number of fused-ring (bicyclic) bond motifs is 1. The smallest absolute Gasteiger partial charge is 0.450 e. The lowest BCUT2D eigenvalue weighted by atomic mass is 10.1. The maximum Gasteiger partial charge on any atom is 0.450 e. The molecular weight excluding hydrogens is 351 g/mol. The highest BCUT2D eigenvalue weighted by atomic mass is 19.4. The topological polar surface area (TPSA) is 98.2 Å². The number of nitrogen functional groups attached to an aromatic ring is 1. The number of carboxylic acid groups (broad SMARTS) is 1. The predicted octanol–water partition coefficient (Wildman–Crippen LogP) is 2.61. The highest BCUT2D eigenvalue weighted by molar-refractivity contribution is 5.81. The second-order valence-electron chi connectivity index (χ2n) is 5.59. The Balaban J connectivity index is 2.27. The molecular formula is C17H12F3N3O3. The Morgan fingerprint density at radius 2 is 1.81 bits per heavy atom. The van der Waals surface area contributed by atoms with Crippen LogP contribution in [0, 0.1) is 0 Å². The third-order valence-electron chi connectivity index (χ3n) is 3.70. The first-order chi connectivity index (χ1) is 12.2. The standard InChI is InChI=1S/C17H12F3N3O3/c18-17(19,20)16-22-13-6-3-10(21)8-12(13)15(26)23(16)11-4-1-9(2-5-11)7-14(24)25/h1-6,8H,7,21H2,(H,24,25). The molecule has 1 aromatic heterocycles. The number of carbonyl (C=O) groups is 1. The summed E-state index contributed by atoms with van der Waals surface area (Å²) in [4.78, 5) is 27.0. The molecule has 2 aromatic carbocycles. The zero-order chi connectivity index (χ0) is 19.1. The Labute approximate surface area is 144 Å². The fraction of sp³-hybridized carbons (Fsp3) is 0.118. The lowest BCUT2D eigenvalue weighted by Gasteiger charge is -2.16. The Morgan fingerprint density at radius 1 is 1.15 bits per heavy atom. The van der Waals surface area contributed by atoms with Gasteiger partial charge in [-0.3, -0.25) is 14.2 Å². The lowest BCUT2D eigenvalue weighted by molar-refractivity contribution is -0.146. The molecule has 0 amide bonds. The van der Waals surface area contributed by atoms with Crippen molar-refractivity contribution in [2.24, 2.45) is 0 Å². The minimum absolute atomic E-state index is 0.0485. The van der Waals surface area contributed by atoms with Crippen molar-refractivity contribution in [3.05, 3.63) is 64.2 Å². The summed E-state index contributed by atoms with van der Waals surface area (Å²) in [7, 11) is 0. The van der Waals surface area contributed by atoms with Gasteiger partial charge in [0.2, 0.25) is 5.82 Å². The minimum atomic E-state index is -4.87. The van der Waals surface area contributed by atoms with Gasteiger partial charge < -0.3 is 10.8 Å². The number of hydrogen-bond acceptors (Lipinski definition) is 4. The third kappa shape index (κ3) is 3.23. The van der Waals surface area contributed by atoms with Crippen molar-refractivity contribution in [3.8, 4) is 5.69 Å². The Kier molecular flexibility index (Phi) is 4.15. The second-order valence-corrected chi connectivity index (χ2v) is 5.59. The number of aliphatic carboxylic acids is 1. The van der Waals surface area contributed by atoms with Crippen LogP contribution in [0.2, 0.25) is 0 Å². The van der Waals surface area contributed by atoms with Crippen molar-refractivity contribution in [1.29, 1.82) is 0 Å². The summed E-state index contributed by atoms with van der Waals surface area (Å²) < 4.78 is 40.8. The molecule has 26 heavy (non-hydrogen) atoms. The zero-order valence-corrected chi connectivity index (χ0v) is 13.1. The van der Waals surface area contributed by atoms with E-state index in [4.69, 9.17) is 10.8 Å². The first-order valence-electron chi connectivity index (χ1n) is 7.37. The van der Waals surface area contributed by atoms with Crippen molar-refractivity contribution in [3.63, 3.8) is 0 Å². The molecule has 0 aliphatic rings. The van der Waals surface area contributed by atoms with E-state index in [1.807, 2.05) is 0 Å². The summed E-state index contributed by atoms with van der Waals surface area (Å²) in [6, 6.07) is 9.06. The summed E-state index contributed by atoms with van der Waals surface area (Å²) in [5.41, 5.74) is 5.12. The number of benzene rings is 2. The average Bonchev–Trinajstić information content (AvgIpc) is 2.55. The molecule has 0 atom stereocenters. The SMILES string of the molecule is Nc1ccc2nc(C(F)(F)F)n(-c3ccc(CC(=O)O)cc3)c(=O)c2c1. The monoisotopic (exact) mass is 363 g/mol. The minimum Gasteiger partial charge on any atom is -0.481 e. The van der Waals surface area contributed by atoms with Crippen LogP contribution in [0.25, 0.3) is 16.6 Å². The van der Waals surface area contributed by atoms with E-state index in [1.54, 1.807) is 0 Å². The normalized spacial score (nSPS) is 11.7. The first kappa shape index (κ1) is 17.5. The van der Waals surface area contributed by atoms with Crippen molar-refractivity contribution < 1.29 is 23.1 Å². The van der Waals surface area contributed by atoms with Crippen LogP contribution in [-0.2, 0) is 17.4 Å².